The first kappa shape index (κ1) is 10.0. The Morgan fingerprint density at radius 3 is 2.46 bits per heavy atom. The number of primary amides is 1. The number of carbonyl (C=O) groups is 2. The van der Waals surface area contributed by atoms with Gasteiger partial charge in [0.15, 0.2) is 0 Å². The second-order valence-electron chi connectivity index (χ2n) is 3.55. The molecule has 13 heavy (non-hydrogen) atoms. The van der Waals surface area contributed by atoms with Crippen LogP contribution in [-0.2, 0) is 9.53 Å². The van der Waals surface area contributed by atoms with Gasteiger partial charge in [0.05, 0.1) is 6.61 Å². The van der Waals surface area contributed by atoms with E-state index in [1.54, 1.807) is 0 Å². The first-order valence-electron chi connectivity index (χ1n) is 4.60. The summed E-state index contributed by atoms with van der Waals surface area (Å²) in [5.41, 5.74) is 4.85. The molecule has 0 aromatic carbocycles. The number of amides is 1. The van der Waals surface area contributed by atoms with Crippen molar-refractivity contribution in [3.63, 3.8) is 0 Å². The van der Waals surface area contributed by atoms with Crippen molar-refractivity contribution in [1.82, 2.24) is 0 Å². The largest absolute Gasteiger partial charge is 0.449 e. The van der Waals surface area contributed by atoms with Crippen LogP contribution in [0.3, 0.4) is 0 Å². The van der Waals surface area contributed by atoms with E-state index in [-0.39, 0.29) is 5.92 Å². The van der Waals surface area contributed by atoms with E-state index < -0.39 is 6.09 Å². The Morgan fingerprint density at radius 2 is 2.00 bits per heavy atom. The van der Waals surface area contributed by atoms with Crippen LogP contribution < -0.4 is 5.73 Å². The van der Waals surface area contributed by atoms with Gasteiger partial charge in [-0.25, -0.2) is 4.79 Å². The summed E-state index contributed by atoms with van der Waals surface area (Å²) in [6.45, 7) is 0.404. The average Bonchev–Trinajstić information content (AvgIpc) is 2.15. The number of carbonyl (C=O) groups excluding carboxylic acids is 2. The molecule has 4 heteroatoms. The maximum atomic E-state index is 10.4. The van der Waals surface area contributed by atoms with Gasteiger partial charge in [-0.1, -0.05) is 0 Å². The topological polar surface area (TPSA) is 69.4 Å². The zero-order valence-electron chi connectivity index (χ0n) is 7.57. The molecule has 0 unspecified atom stereocenters. The number of rotatable bonds is 3. The SMILES string of the molecule is NC(=O)OC[C@H]1CC[C@H](C=O)CC1. The van der Waals surface area contributed by atoms with Gasteiger partial charge in [-0.2, -0.15) is 0 Å². The highest BCUT2D eigenvalue weighted by atomic mass is 16.5. The third-order valence-corrected chi connectivity index (χ3v) is 2.55. The van der Waals surface area contributed by atoms with Crippen LogP contribution in [0.25, 0.3) is 0 Å². The molecule has 1 fully saturated rings. The summed E-state index contributed by atoms with van der Waals surface area (Å²) in [7, 11) is 0. The van der Waals surface area contributed by atoms with E-state index in [4.69, 9.17) is 10.5 Å². The summed E-state index contributed by atoms with van der Waals surface area (Å²) in [5.74, 6) is 0.605. The van der Waals surface area contributed by atoms with Crippen molar-refractivity contribution in [2.75, 3.05) is 6.61 Å². The monoisotopic (exact) mass is 185 g/mol. The highest BCUT2D eigenvalue weighted by molar-refractivity contribution is 5.64. The lowest BCUT2D eigenvalue weighted by Crippen LogP contribution is -2.23. The summed E-state index contributed by atoms with van der Waals surface area (Å²) in [6, 6.07) is 0. The minimum atomic E-state index is -0.711. The van der Waals surface area contributed by atoms with Gasteiger partial charge in [0, 0.05) is 5.92 Å². The van der Waals surface area contributed by atoms with Gasteiger partial charge >= 0.3 is 6.09 Å². The zero-order chi connectivity index (χ0) is 9.68. The van der Waals surface area contributed by atoms with Crippen LogP contribution in [0, 0.1) is 11.8 Å². The molecule has 0 radical (unpaired) electrons. The van der Waals surface area contributed by atoms with Gasteiger partial charge in [-0.05, 0) is 31.6 Å². The Balaban J connectivity index is 2.17. The number of hydrogen-bond acceptors (Lipinski definition) is 3. The van der Waals surface area contributed by atoms with Crippen molar-refractivity contribution < 1.29 is 14.3 Å². The van der Waals surface area contributed by atoms with Gasteiger partial charge < -0.3 is 15.3 Å². The molecule has 1 rings (SSSR count). The number of hydrogen-bond donors (Lipinski definition) is 1. The molecule has 1 amide bonds. The molecule has 0 atom stereocenters. The molecular weight excluding hydrogens is 170 g/mol. The predicted molar refractivity (Wildman–Crippen MR) is 47.0 cm³/mol. The molecule has 1 aliphatic rings. The maximum Gasteiger partial charge on any atom is 0.404 e. The molecule has 1 aliphatic carbocycles. The van der Waals surface area contributed by atoms with E-state index >= 15 is 0 Å². The zero-order valence-corrected chi connectivity index (χ0v) is 7.57. The minimum Gasteiger partial charge on any atom is -0.449 e. The maximum absolute atomic E-state index is 10.4. The van der Waals surface area contributed by atoms with Gasteiger partial charge in [-0.3, -0.25) is 0 Å². The molecule has 0 aromatic rings. The van der Waals surface area contributed by atoms with Gasteiger partial charge in [0.2, 0.25) is 0 Å². The van der Waals surface area contributed by atoms with E-state index in [2.05, 4.69) is 0 Å². The summed E-state index contributed by atoms with van der Waals surface area (Å²) in [6.07, 6.45) is 4.04. The van der Waals surface area contributed by atoms with Crippen LogP contribution in [0.4, 0.5) is 4.79 Å². The molecule has 0 bridgehead atoms. The normalized spacial score (nSPS) is 28.0. The fraction of sp³-hybridized carbons (Fsp3) is 0.778. The van der Waals surface area contributed by atoms with E-state index in [1.807, 2.05) is 0 Å². The van der Waals surface area contributed by atoms with Crippen LogP contribution in [-0.4, -0.2) is 19.0 Å². The molecule has 0 spiro atoms. The van der Waals surface area contributed by atoms with Crippen molar-refractivity contribution in [3.8, 4) is 0 Å². The third kappa shape index (κ3) is 3.44. The van der Waals surface area contributed by atoms with Crippen molar-refractivity contribution in [3.05, 3.63) is 0 Å². The van der Waals surface area contributed by atoms with Gasteiger partial charge in [-0.15, -0.1) is 0 Å². The first-order chi connectivity index (χ1) is 6.22. The summed E-state index contributed by atoms with van der Waals surface area (Å²) in [4.78, 5) is 20.7. The van der Waals surface area contributed by atoms with Gasteiger partial charge in [0.1, 0.15) is 6.29 Å². The minimum absolute atomic E-state index is 0.213. The lowest BCUT2D eigenvalue weighted by atomic mass is 9.83. The molecule has 2 N–H and O–H groups in total. The Morgan fingerprint density at radius 1 is 1.38 bits per heavy atom. The van der Waals surface area contributed by atoms with Crippen LogP contribution in [0.2, 0.25) is 0 Å². The Kier molecular flexibility index (Phi) is 3.73. The lowest BCUT2D eigenvalue weighted by molar-refractivity contribution is -0.112. The summed E-state index contributed by atoms with van der Waals surface area (Å²) < 4.78 is 4.70. The third-order valence-electron chi connectivity index (χ3n) is 2.55. The van der Waals surface area contributed by atoms with Crippen molar-refractivity contribution >= 4 is 12.4 Å². The fourth-order valence-electron chi connectivity index (χ4n) is 1.69. The van der Waals surface area contributed by atoms with E-state index in [9.17, 15) is 9.59 Å². The van der Waals surface area contributed by atoms with Crippen LogP contribution >= 0.6 is 0 Å². The molecule has 1 saturated carbocycles. The molecule has 0 heterocycles. The predicted octanol–water partition coefficient (Wildman–Crippen LogP) is 1.09. The fourth-order valence-corrected chi connectivity index (χ4v) is 1.69. The van der Waals surface area contributed by atoms with Crippen molar-refractivity contribution in [2.24, 2.45) is 17.6 Å². The quantitative estimate of drug-likeness (QED) is 0.669. The molecular formula is C9H15NO3. The molecule has 74 valence electrons. The first-order valence-corrected chi connectivity index (χ1v) is 4.60. The summed E-state index contributed by atoms with van der Waals surface area (Å²) >= 11 is 0. The highest BCUT2D eigenvalue weighted by Crippen LogP contribution is 2.27. The van der Waals surface area contributed by atoms with E-state index in [0.29, 0.717) is 12.5 Å². The van der Waals surface area contributed by atoms with Crippen LogP contribution in [0.5, 0.6) is 0 Å². The standard InChI is InChI=1S/C9H15NO3/c10-9(12)13-6-8-3-1-7(5-11)2-4-8/h5,7-8H,1-4,6H2,(H2,10,12)/t7-,8-. The molecule has 0 saturated heterocycles. The second-order valence-corrected chi connectivity index (χ2v) is 3.55. The number of aldehydes is 1. The Bertz CT molecular complexity index is 185. The number of nitrogens with two attached hydrogens (primary N) is 1. The van der Waals surface area contributed by atoms with Gasteiger partial charge in [0.25, 0.3) is 0 Å². The smallest absolute Gasteiger partial charge is 0.404 e. The van der Waals surface area contributed by atoms with E-state index in [1.165, 1.54) is 0 Å². The van der Waals surface area contributed by atoms with Crippen LogP contribution in [0.1, 0.15) is 25.7 Å². The van der Waals surface area contributed by atoms with Crippen molar-refractivity contribution in [2.45, 2.75) is 25.7 Å². The second kappa shape index (κ2) is 4.84. The summed E-state index contributed by atoms with van der Waals surface area (Å²) in [5, 5.41) is 0. The average molecular weight is 185 g/mol. The Hall–Kier alpha value is -1.06. The highest BCUT2D eigenvalue weighted by Gasteiger charge is 2.21. The lowest BCUT2D eigenvalue weighted by Gasteiger charge is -2.24. The molecule has 4 nitrogen and oxygen atoms in total. The molecule has 0 aliphatic heterocycles. The van der Waals surface area contributed by atoms with Crippen LogP contribution in [0.15, 0.2) is 0 Å². The Labute approximate surface area is 77.4 Å². The molecule has 0 aromatic heterocycles. The number of ether oxygens (including phenoxy) is 1. The van der Waals surface area contributed by atoms with Crippen molar-refractivity contribution in [1.29, 1.82) is 0 Å². The van der Waals surface area contributed by atoms with E-state index in [0.717, 1.165) is 32.0 Å².